The van der Waals surface area contributed by atoms with Gasteiger partial charge in [0.05, 0.1) is 18.2 Å². The second-order valence-corrected chi connectivity index (χ2v) is 6.08. The number of benzene rings is 1. The number of hydrogen-bond donors (Lipinski definition) is 1. The van der Waals surface area contributed by atoms with E-state index >= 15 is 0 Å². The van der Waals surface area contributed by atoms with E-state index in [2.05, 4.69) is 10.3 Å². The summed E-state index contributed by atoms with van der Waals surface area (Å²) < 4.78 is 12.5. The molecule has 7 nitrogen and oxygen atoms in total. The zero-order chi connectivity index (χ0) is 17.6. The third-order valence-electron chi connectivity index (χ3n) is 4.44. The molecule has 4 rings (SSSR count). The first-order valence-corrected chi connectivity index (χ1v) is 8.03. The molecule has 1 aliphatic heterocycles. The van der Waals surface area contributed by atoms with Gasteiger partial charge in [0.15, 0.2) is 0 Å². The molecule has 0 saturated carbocycles. The molecular formula is C18H17N3O4. The van der Waals surface area contributed by atoms with Gasteiger partial charge in [-0.3, -0.25) is 9.59 Å². The molecule has 0 bridgehead atoms. The Bertz CT molecular complexity index is 1030. The third kappa shape index (κ3) is 2.48. The Labute approximate surface area is 143 Å². The highest BCUT2D eigenvalue weighted by Gasteiger charge is 2.27. The Hall–Kier alpha value is -3.09. The fourth-order valence-electron chi connectivity index (χ4n) is 3.18. The molecular weight excluding hydrogens is 322 g/mol. The lowest BCUT2D eigenvalue weighted by atomic mass is 10.00. The quantitative estimate of drug-likeness (QED) is 0.772. The summed E-state index contributed by atoms with van der Waals surface area (Å²) in [4.78, 5) is 29.4. The van der Waals surface area contributed by atoms with Gasteiger partial charge in [-0.1, -0.05) is 18.2 Å². The number of rotatable bonds is 2. The van der Waals surface area contributed by atoms with Crippen LogP contribution in [0.2, 0.25) is 0 Å². The highest BCUT2D eigenvalue weighted by atomic mass is 16.5. The maximum atomic E-state index is 12.9. The van der Waals surface area contributed by atoms with Gasteiger partial charge in [-0.05, 0) is 13.0 Å². The molecule has 1 N–H and O–H groups in total. The number of carbonyl (C=O) groups excluding carboxylic acids is 1. The molecule has 0 spiro atoms. The van der Waals surface area contributed by atoms with Crippen LogP contribution in [0.15, 0.2) is 39.8 Å². The Morgan fingerprint density at radius 3 is 3.00 bits per heavy atom. The lowest BCUT2D eigenvalue weighted by molar-refractivity contribution is 0.0924. The number of aryl methyl sites for hydroxylation is 2. The van der Waals surface area contributed by atoms with E-state index < -0.39 is 0 Å². The molecule has 0 unspecified atom stereocenters. The zero-order valence-electron chi connectivity index (χ0n) is 13.9. The first kappa shape index (κ1) is 15.4. The number of hydrogen-bond acceptors (Lipinski definition) is 5. The Morgan fingerprint density at radius 2 is 2.16 bits per heavy atom. The standard InChI is InChI=1S/C18H17N3O4/c1-10-14(15-17(25-10)19-9-21(2)18(15)23)16(22)20-12-7-8-24-13-6-4-3-5-11(12)13/h3-6,9,12H,7-8H2,1-2H3,(H,20,22)/t12-/m0/s1. The van der Waals surface area contributed by atoms with Crippen molar-refractivity contribution in [2.45, 2.75) is 19.4 Å². The van der Waals surface area contributed by atoms with Crippen molar-refractivity contribution in [3.05, 3.63) is 57.8 Å². The van der Waals surface area contributed by atoms with E-state index in [0.717, 1.165) is 11.3 Å². The van der Waals surface area contributed by atoms with Gasteiger partial charge in [0, 0.05) is 19.0 Å². The molecule has 0 aliphatic carbocycles. The second kappa shape index (κ2) is 5.77. The monoisotopic (exact) mass is 339 g/mol. The van der Waals surface area contributed by atoms with Crippen LogP contribution in [-0.2, 0) is 7.05 Å². The van der Waals surface area contributed by atoms with Crippen LogP contribution in [0.25, 0.3) is 11.1 Å². The van der Waals surface area contributed by atoms with Crippen LogP contribution in [0.4, 0.5) is 0 Å². The van der Waals surface area contributed by atoms with Crippen LogP contribution >= 0.6 is 0 Å². The number of ether oxygens (including phenoxy) is 1. The maximum absolute atomic E-state index is 12.9. The minimum Gasteiger partial charge on any atom is -0.493 e. The lowest BCUT2D eigenvalue weighted by Crippen LogP contribution is -2.33. The number of para-hydroxylation sites is 1. The fraction of sp³-hybridized carbons (Fsp3) is 0.278. The van der Waals surface area contributed by atoms with Crippen molar-refractivity contribution < 1.29 is 13.9 Å². The molecule has 7 heteroatoms. The summed E-state index contributed by atoms with van der Waals surface area (Å²) >= 11 is 0. The van der Waals surface area contributed by atoms with Gasteiger partial charge in [-0.2, -0.15) is 0 Å². The van der Waals surface area contributed by atoms with Crippen LogP contribution in [-0.4, -0.2) is 22.1 Å². The van der Waals surface area contributed by atoms with E-state index in [1.165, 1.54) is 10.9 Å². The summed E-state index contributed by atoms with van der Waals surface area (Å²) in [6.07, 6.45) is 2.04. The predicted octanol–water partition coefficient (Wildman–Crippen LogP) is 2.09. The minimum absolute atomic E-state index is 0.178. The van der Waals surface area contributed by atoms with Crippen molar-refractivity contribution in [3.8, 4) is 5.75 Å². The van der Waals surface area contributed by atoms with Gasteiger partial charge < -0.3 is 19.0 Å². The first-order chi connectivity index (χ1) is 12.1. The summed E-state index contributed by atoms with van der Waals surface area (Å²) in [6, 6.07) is 7.44. The normalized spacial score (nSPS) is 16.3. The molecule has 2 aromatic heterocycles. The van der Waals surface area contributed by atoms with Gasteiger partial charge >= 0.3 is 0 Å². The van der Waals surface area contributed by atoms with Crippen LogP contribution in [0.1, 0.15) is 34.1 Å². The number of furan rings is 1. The van der Waals surface area contributed by atoms with Crippen LogP contribution < -0.4 is 15.6 Å². The third-order valence-corrected chi connectivity index (χ3v) is 4.44. The average Bonchev–Trinajstić information content (AvgIpc) is 2.95. The van der Waals surface area contributed by atoms with E-state index in [1.807, 2.05) is 24.3 Å². The number of amides is 1. The Balaban J connectivity index is 1.74. The molecule has 1 aliphatic rings. The molecule has 1 atom stereocenters. The summed E-state index contributed by atoms with van der Waals surface area (Å²) in [5.74, 6) is 0.803. The highest BCUT2D eigenvalue weighted by Crippen LogP contribution is 2.32. The molecule has 0 fully saturated rings. The van der Waals surface area contributed by atoms with Gasteiger partial charge in [0.2, 0.25) is 5.71 Å². The molecule has 0 saturated heterocycles. The molecule has 3 heterocycles. The number of carbonyl (C=O) groups is 1. The largest absolute Gasteiger partial charge is 0.493 e. The van der Waals surface area contributed by atoms with E-state index in [4.69, 9.17) is 9.15 Å². The number of aromatic nitrogens is 2. The molecule has 0 radical (unpaired) electrons. The lowest BCUT2D eigenvalue weighted by Gasteiger charge is -2.26. The van der Waals surface area contributed by atoms with E-state index in [1.54, 1.807) is 14.0 Å². The summed E-state index contributed by atoms with van der Waals surface area (Å²) in [6.45, 7) is 2.18. The summed E-state index contributed by atoms with van der Waals surface area (Å²) in [5.41, 5.74) is 1.05. The SMILES string of the molecule is Cc1oc2ncn(C)c(=O)c2c1C(=O)N[C@H]1CCOc2ccccc21. The molecule has 128 valence electrons. The van der Waals surface area contributed by atoms with Crippen LogP contribution in [0.3, 0.4) is 0 Å². The number of fused-ring (bicyclic) bond motifs is 2. The second-order valence-electron chi connectivity index (χ2n) is 6.08. The van der Waals surface area contributed by atoms with Gasteiger partial charge in [-0.25, -0.2) is 4.98 Å². The predicted molar refractivity (Wildman–Crippen MR) is 90.7 cm³/mol. The highest BCUT2D eigenvalue weighted by molar-refractivity contribution is 6.06. The topological polar surface area (TPSA) is 86.4 Å². The van der Waals surface area contributed by atoms with E-state index in [0.29, 0.717) is 18.8 Å². The molecule has 1 amide bonds. The Kier molecular flexibility index (Phi) is 3.56. The summed E-state index contributed by atoms with van der Waals surface area (Å²) in [7, 11) is 1.59. The van der Waals surface area contributed by atoms with Crippen molar-refractivity contribution in [2.24, 2.45) is 7.05 Å². The number of nitrogens with zero attached hydrogens (tertiary/aromatic N) is 2. The van der Waals surface area contributed by atoms with E-state index in [9.17, 15) is 9.59 Å². The first-order valence-electron chi connectivity index (χ1n) is 8.03. The Morgan fingerprint density at radius 1 is 1.36 bits per heavy atom. The average molecular weight is 339 g/mol. The van der Waals surface area contributed by atoms with Crippen molar-refractivity contribution in [1.29, 1.82) is 0 Å². The smallest absolute Gasteiger partial charge is 0.265 e. The van der Waals surface area contributed by atoms with Crippen molar-refractivity contribution in [1.82, 2.24) is 14.9 Å². The summed E-state index contributed by atoms with van der Waals surface area (Å²) in [5, 5.41) is 3.21. The molecule has 1 aromatic carbocycles. The van der Waals surface area contributed by atoms with Gasteiger partial charge in [0.25, 0.3) is 11.5 Å². The van der Waals surface area contributed by atoms with E-state index in [-0.39, 0.29) is 34.2 Å². The van der Waals surface area contributed by atoms with Crippen LogP contribution in [0.5, 0.6) is 5.75 Å². The van der Waals surface area contributed by atoms with Crippen LogP contribution in [0, 0.1) is 6.92 Å². The number of nitrogens with one attached hydrogen (secondary N) is 1. The van der Waals surface area contributed by atoms with Crippen molar-refractivity contribution in [3.63, 3.8) is 0 Å². The molecule has 25 heavy (non-hydrogen) atoms. The minimum atomic E-state index is -0.344. The van der Waals surface area contributed by atoms with Gasteiger partial charge in [0.1, 0.15) is 23.2 Å². The van der Waals surface area contributed by atoms with Gasteiger partial charge in [-0.15, -0.1) is 0 Å². The maximum Gasteiger partial charge on any atom is 0.265 e. The van der Waals surface area contributed by atoms with Crippen molar-refractivity contribution >= 4 is 17.0 Å². The van der Waals surface area contributed by atoms with Crippen molar-refractivity contribution in [2.75, 3.05) is 6.61 Å². The zero-order valence-corrected chi connectivity index (χ0v) is 13.9. The fourth-order valence-corrected chi connectivity index (χ4v) is 3.18. The molecule has 3 aromatic rings.